The summed E-state index contributed by atoms with van der Waals surface area (Å²) < 4.78 is 0. The molecule has 0 radical (unpaired) electrons. The molecule has 5 nitrogen and oxygen atoms in total. The smallest absolute Gasteiger partial charge is 0.276 e. The van der Waals surface area contributed by atoms with Crippen LogP contribution in [-0.2, 0) is 9.59 Å². The Morgan fingerprint density at radius 2 is 2.31 bits per heavy atom. The van der Waals surface area contributed by atoms with E-state index in [0.29, 0.717) is 13.0 Å². The fourth-order valence-electron chi connectivity index (χ4n) is 1.94. The number of rotatable bonds is 0. The molecule has 0 aromatic rings. The van der Waals surface area contributed by atoms with Gasteiger partial charge in [-0.25, -0.2) is 0 Å². The second kappa shape index (κ2) is 2.45. The van der Waals surface area contributed by atoms with Crippen LogP contribution >= 0.6 is 0 Å². The summed E-state index contributed by atoms with van der Waals surface area (Å²) in [6.07, 6.45) is 1.54. The molecule has 0 saturated carbocycles. The molecule has 0 spiro atoms. The van der Waals surface area contributed by atoms with E-state index in [9.17, 15) is 14.7 Å². The van der Waals surface area contributed by atoms with E-state index >= 15 is 0 Å². The molecule has 0 bridgehead atoms. The predicted molar refractivity (Wildman–Crippen MR) is 43.5 cm³/mol. The van der Waals surface area contributed by atoms with E-state index < -0.39 is 11.6 Å². The fourth-order valence-corrected chi connectivity index (χ4v) is 1.94. The molecule has 5 heteroatoms. The maximum atomic E-state index is 11.5. The first-order chi connectivity index (χ1) is 6.02. The molecule has 2 saturated heterocycles. The Morgan fingerprint density at radius 1 is 1.62 bits per heavy atom. The van der Waals surface area contributed by atoms with Gasteiger partial charge in [-0.3, -0.25) is 9.59 Å². The first-order valence-corrected chi connectivity index (χ1v) is 4.38. The minimum absolute atomic E-state index is 0.248. The van der Waals surface area contributed by atoms with E-state index in [1.54, 1.807) is 0 Å². The Labute approximate surface area is 75.7 Å². The molecule has 2 rings (SSSR count). The summed E-state index contributed by atoms with van der Waals surface area (Å²) >= 11 is 0. The highest BCUT2D eigenvalue weighted by molar-refractivity contribution is 5.98. The highest BCUT2D eigenvalue weighted by Crippen LogP contribution is 2.24. The second-order valence-electron chi connectivity index (χ2n) is 3.72. The van der Waals surface area contributed by atoms with Crippen LogP contribution in [0.5, 0.6) is 0 Å². The van der Waals surface area contributed by atoms with Crippen LogP contribution in [0.3, 0.4) is 0 Å². The molecule has 72 valence electrons. The largest absolute Gasteiger partial charge is 0.363 e. The van der Waals surface area contributed by atoms with Gasteiger partial charge in [-0.2, -0.15) is 0 Å². The average molecular weight is 184 g/mol. The molecule has 0 aromatic carbocycles. The van der Waals surface area contributed by atoms with E-state index in [4.69, 9.17) is 0 Å². The van der Waals surface area contributed by atoms with Gasteiger partial charge in [0.25, 0.3) is 5.91 Å². The summed E-state index contributed by atoms with van der Waals surface area (Å²) in [4.78, 5) is 24.4. The molecule has 2 amide bonds. The van der Waals surface area contributed by atoms with E-state index in [1.807, 2.05) is 0 Å². The van der Waals surface area contributed by atoms with Crippen LogP contribution in [0.2, 0.25) is 0 Å². The van der Waals surface area contributed by atoms with Crippen LogP contribution in [-0.4, -0.2) is 40.1 Å². The van der Waals surface area contributed by atoms with Crippen LogP contribution < -0.4 is 5.32 Å². The number of hydrogen-bond donors (Lipinski definition) is 2. The van der Waals surface area contributed by atoms with Crippen molar-refractivity contribution in [3.05, 3.63) is 0 Å². The van der Waals surface area contributed by atoms with Crippen molar-refractivity contribution in [2.75, 3.05) is 6.54 Å². The van der Waals surface area contributed by atoms with Gasteiger partial charge in [0, 0.05) is 6.54 Å². The third kappa shape index (κ3) is 1.11. The number of nitrogens with one attached hydrogen (secondary N) is 1. The van der Waals surface area contributed by atoms with Gasteiger partial charge >= 0.3 is 0 Å². The van der Waals surface area contributed by atoms with Gasteiger partial charge in [-0.05, 0) is 19.8 Å². The van der Waals surface area contributed by atoms with Gasteiger partial charge in [-0.15, -0.1) is 0 Å². The summed E-state index contributed by atoms with van der Waals surface area (Å²) in [5.41, 5.74) is -1.71. The van der Waals surface area contributed by atoms with Crippen molar-refractivity contribution in [3.63, 3.8) is 0 Å². The predicted octanol–water partition coefficient (Wildman–Crippen LogP) is -1.18. The molecule has 1 unspecified atom stereocenters. The molecule has 2 aliphatic rings. The zero-order chi connectivity index (χ0) is 9.64. The standard InChI is InChI=1S/C8H12N2O3/c1-8(13)7(12)10-4-2-3-5(10)6(11)9-8/h5,13H,2-4H2,1H3,(H,9,11)/t5-,8?/m0/s1. The zero-order valence-corrected chi connectivity index (χ0v) is 7.41. The SMILES string of the molecule is CC1(O)NC(=O)[C@@H]2CCCN2C1=O. The van der Waals surface area contributed by atoms with Crippen molar-refractivity contribution in [2.45, 2.75) is 31.5 Å². The summed E-state index contributed by atoms with van der Waals surface area (Å²) in [6, 6.07) is -0.354. The Morgan fingerprint density at radius 3 is 3.00 bits per heavy atom. The lowest BCUT2D eigenvalue weighted by Crippen LogP contribution is -2.67. The van der Waals surface area contributed by atoms with Crippen molar-refractivity contribution in [1.82, 2.24) is 10.2 Å². The lowest BCUT2D eigenvalue weighted by molar-refractivity contribution is -0.167. The summed E-state index contributed by atoms with van der Waals surface area (Å²) in [6.45, 7) is 1.88. The molecule has 2 atom stereocenters. The number of carbonyl (C=O) groups excluding carboxylic acids is 2. The van der Waals surface area contributed by atoms with E-state index in [0.717, 1.165) is 6.42 Å². The highest BCUT2D eigenvalue weighted by Gasteiger charge is 2.48. The van der Waals surface area contributed by atoms with Crippen LogP contribution in [0, 0.1) is 0 Å². The van der Waals surface area contributed by atoms with Crippen LogP contribution in [0.1, 0.15) is 19.8 Å². The summed E-state index contributed by atoms with van der Waals surface area (Å²) in [7, 11) is 0. The van der Waals surface area contributed by atoms with E-state index in [-0.39, 0.29) is 11.9 Å². The summed E-state index contributed by atoms with van der Waals surface area (Å²) in [5, 5.41) is 11.8. The molecule has 13 heavy (non-hydrogen) atoms. The monoisotopic (exact) mass is 184 g/mol. The number of carbonyl (C=O) groups is 2. The maximum Gasteiger partial charge on any atom is 0.276 e. The minimum Gasteiger partial charge on any atom is -0.363 e. The van der Waals surface area contributed by atoms with Crippen molar-refractivity contribution in [2.24, 2.45) is 0 Å². The highest BCUT2D eigenvalue weighted by atomic mass is 16.3. The topological polar surface area (TPSA) is 69.6 Å². The molecule has 2 aliphatic heterocycles. The number of piperazine rings is 1. The normalized spacial score (nSPS) is 38.9. The second-order valence-corrected chi connectivity index (χ2v) is 3.72. The Hall–Kier alpha value is -1.10. The minimum atomic E-state index is -1.71. The van der Waals surface area contributed by atoms with Gasteiger partial charge in [0.1, 0.15) is 6.04 Å². The molecule has 0 aromatic heterocycles. The lowest BCUT2D eigenvalue weighted by Gasteiger charge is -2.37. The van der Waals surface area contributed by atoms with Crippen LogP contribution in [0.15, 0.2) is 0 Å². The molecular weight excluding hydrogens is 172 g/mol. The van der Waals surface area contributed by atoms with Gasteiger partial charge in [0.15, 0.2) is 0 Å². The number of nitrogens with zero attached hydrogens (tertiary/aromatic N) is 1. The first-order valence-electron chi connectivity index (χ1n) is 4.38. The number of hydrogen-bond acceptors (Lipinski definition) is 3. The maximum absolute atomic E-state index is 11.5. The quantitative estimate of drug-likeness (QED) is 0.497. The van der Waals surface area contributed by atoms with Crippen molar-refractivity contribution < 1.29 is 14.7 Å². The fraction of sp³-hybridized carbons (Fsp3) is 0.750. The number of amides is 2. The molecule has 2 N–H and O–H groups in total. The van der Waals surface area contributed by atoms with E-state index in [1.165, 1.54) is 11.8 Å². The molecule has 2 heterocycles. The summed E-state index contributed by atoms with van der Waals surface area (Å²) in [5.74, 6) is -0.642. The molecule has 2 fully saturated rings. The Kier molecular flexibility index (Phi) is 1.60. The first kappa shape index (κ1) is 8.50. The third-order valence-electron chi connectivity index (χ3n) is 2.60. The van der Waals surface area contributed by atoms with Gasteiger partial charge in [0.2, 0.25) is 11.6 Å². The van der Waals surface area contributed by atoms with Crippen LogP contribution in [0.4, 0.5) is 0 Å². The van der Waals surface area contributed by atoms with E-state index in [2.05, 4.69) is 5.32 Å². The Balaban J connectivity index is 2.30. The van der Waals surface area contributed by atoms with Gasteiger partial charge in [0.05, 0.1) is 0 Å². The molecular formula is C8H12N2O3. The van der Waals surface area contributed by atoms with Crippen molar-refractivity contribution >= 4 is 11.8 Å². The lowest BCUT2D eigenvalue weighted by atomic mass is 10.1. The molecule has 0 aliphatic carbocycles. The van der Waals surface area contributed by atoms with Gasteiger partial charge in [-0.1, -0.05) is 0 Å². The van der Waals surface area contributed by atoms with Gasteiger partial charge < -0.3 is 15.3 Å². The third-order valence-corrected chi connectivity index (χ3v) is 2.60. The number of aliphatic hydroxyl groups is 1. The Bertz CT molecular complexity index is 275. The zero-order valence-electron chi connectivity index (χ0n) is 7.41. The van der Waals surface area contributed by atoms with Crippen molar-refractivity contribution in [1.29, 1.82) is 0 Å². The average Bonchev–Trinajstić information content (AvgIpc) is 2.47. The van der Waals surface area contributed by atoms with Crippen molar-refractivity contribution in [3.8, 4) is 0 Å². The number of fused-ring (bicyclic) bond motifs is 1. The van der Waals surface area contributed by atoms with Crippen LogP contribution in [0.25, 0.3) is 0 Å².